The first kappa shape index (κ1) is 18.1. The van der Waals surface area contributed by atoms with Gasteiger partial charge < -0.3 is 19.7 Å². The molecule has 0 saturated carbocycles. The van der Waals surface area contributed by atoms with Crippen molar-refractivity contribution in [1.82, 2.24) is 14.8 Å². The molecule has 2 aromatic rings. The topological polar surface area (TPSA) is 66.9 Å². The molecule has 0 atom stereocenters. The molecule has 1 aromatic carbocycles. The van der Waals surface area contributed by atoms with E-state index in [0.29, 0.717) is 36.9 Å². The third kappa shape index (κ3) is 4.33. The van der Waals surface area contributed by atoms with E-state index < -0.39 is 0 Å². The molecule has 144 valence electrons. The second-order valence-electron chi connectivity index (χ2n) is 6.73. The fraction of sp³-hybridized carbons (Fsp3) is 0.474. The first-order valence-corrected chi connectivity index (χ1v) is 10.1. The van der Waals surface area contributed by atoms with Crippen LogP contribution in [0.2, 0.25) is 0 Å². The number of aryl methyl sites for hydroxylation is 1. The number of hydrogen-bond donors (Lipinski definition) is 1. The zero-order valence-corrected chi connectivity index (χ0v) is 16.3. The van der Waals surface area contributed by atoms with E-state index in [0.717, 1.165) is 43.3 Å². The lowest BCUT2D eigenvalue weighted by molar-refractivity contribution is 0.172. The predicted octanol–water partition coefficient (Wildman–Crippen LogP) is 2.96. The number of thiazole rings is 1. The summed E-state index contributed by atoms with van der Waals surface area (Å²) in [5.74, 6) is 1.30. The van der Waals surface area contributed by atoms with Crippen LogP contribution in [0.5, 0.6) is 11.5 Å². The van der Waals surface area contributed by atoms with E-state index in [4.69, 9.17) is 9.47 Å². The maximum atomic E-state index is 12.8. The van der Waals surface area contributed by atoms with E-state index in [1.165, 1.54) is 0 Å². The predicted molar refractivity (Wildman–Crippen MR) is 105 cm³/mol. The van der Waals surface area contributed by atoms with E-state index in [1.807, 2.05) is 30.0 Å². The standard InChI is InChI=1S/C19H24N4O3S/c1-14-20-15(13-27-14)12-22-6-3-7-23(9-8-22)19(24)21-16-4-2-5-17-18(16)26-11-10-25-17/h2,4-5,13H,3,6-12H2,1H3,(H,21,24). The summed E-state index contributed by atoms with van der Waals surface area (Å²) in [7, 11) is 0. The molecule has 27 heavy (non-hydrogen) atoms. The van der Waals surface area contributed by atoms with Crippen LogP contribution in [0.4, 0.5) is 10.5 Å². The number of amides is 2. The van der Waals surface area contributed by atoms with Gasteiger partial charge in [-0.2, -0.15) is 0 Å². The Hall–Kier alpha value is -2.32. The smallest absolute Gasteiger partial charge is 0.321 e. The molecular formula is C19H24N4O3S. The Bertz CT molecular complexity index is 810. The average molecular weight is 388 g/mol. The van der Waals surface area contributed by atoms with Gasteiger partial charge in [0.1, 0.15) is 13.2 Å². The summed E-state index contributed by atoms with van der Waals surface area (Å²) in [5.41, 5.74) is 1.78. The van der Waals surface area contributed by atoms with Crippen LogP contribution in [-0.2, 0) is 6.54 Å². The molecule has 0 aliphatic carbocycles. The van der Waals surface area contributed by atoms with Crippen molar-refractivity contribution in [2.45, 2.75) is 19.9 Å². The van der Waals surface area contributed by atoms with Gasteiger partial charge in [-0.25, -0.2) is 9.78 Å². The highest BCUT2D eigenvalue weighted by atomic mass is 32.1. The number of hydrogen-bond acceptors (Lipinski definition) is 6. The number of anilines is 1. The Morgan fingerprint density at radius 1 is 1.22 bits per heavy atom. The minimum atomic E-state index is -0.0936. The van der Waals surface area contributed by atoms with Crippen LogP contribution in [0, 0.1) is 6.92 Å². The number of benzene rings is 1. The van der Waals surface area contributed by atoms with E-state index >= 15 is 0 Å². The number of carbonyl (C=O) groups excluding carboxylic acids is 1. The third-order valence-corrected chi connectivity index (χ3v) is 5.56. The Morgan fingerprint density at radius 3 is 2.96 bits per heavy atom. The molecule has 0 unspecified atom stereocenters. The van der Waals surface area contributed by atoms with Gasteiger partial charge in [0.2, 0.25) is 0 Å². The fourth-order valence-electron chi connectivity index (χ4n) is 3.41. The molecule has 4 rings (SSSR count). The van der Waals surface area contributed by atoms with Crippen LogP contribution in [0.1, 0.15) is 17.1 Å². The first-order valence-electron chi connectivity index (χ1n) is 9.27. The molecule has 0 bridgehead atoms. The maximum Gasteiger partial charge on any atom is 0.321 e. The average Bonchev–Trinajstić information content (AvgIpc) is 2.94. The summed E-state index contributed by atoms with van der Waals surface area (Å²) in [6.07, 6.45) is 0.947. The first-order chi connectivity index (χ1) is 13.2. The normalized spacial score (nSPS) is 17.4. The second-order valence-corrected chi connectivity index (χ2v) is 7.80. The highest BCUT2D eigenvalue weighted by Gasteiger charge is 2.22. The summed E-state index contributed by atoms with van der Waals surface area (Å²) < 4.78 is 11.3. The van der Waals surface area contributed by atoms with Crippen molar-refractivity contribution in [3.8, 4) is 11.5 Å². The van der Waals surface area contributed by atoms with Crippen molar-refractivity contribution >= 4 is 23.1 Å². The summed E-state index contributed by atoms with van der Waals surface area (Å²) in [6.45, 7) is 7.15. The van der Waals surface area contributed by atoms with Gasteiger partial charge in [0.25, 0.3) is 0 Å². The van der Waals surface area contributed by atoms with Crippen molar-refractivity contribution in [2.75, 3.05) is 44.7 Å². The molecule has 2 amide bonds. The minimum absolute atomic E-state index is 0.0936. The molecule has 0 radical (unpaired) electrons. The molecule has 7 nitrogen and oxygen atoms in total. The number of fused-ring (bicyclic) bond motifs is 1. The number of ether oxygens (including phenoxy) is 2. The van der Waals surface area contributed by atoms with Gasteiger partial charge in [-0.1, -0.05) is 6.07 Å². The van der Waals surface area contributed by atoms with Gasteiger partial charge in [-0.3, -0.25) is 4.90 Å². The van der Waals surface area contributed by atoms with Gasteiger partial charge in [0, 0.05) is 38.1 Å². The van der Waals surface area contributed by atoms with Gasteiger partial charge in [-0.15, -0.1) is 11.3 Å². The number of rotatable bonds is 3. The zero-order chi connectivity index (χ0) is 18.6. The van der Waals surface area contributed by atoms with E-state index in [-0.39, 0.29) is 6.03 Å². The molecular weight excluding hydrogens is 364 g/mol. The Labute approximate surface area is 162 Å². The number of urea groups is 1. The van der Waals surface area contributed by atoms with Crippen molar-refractivity contribution < 1.29 is 14.3 Å². The van der Waals surface area contributed by atoms with Crippen LogP contribution in [0.15, 0.2) is 23.6 Å². The quantitative estimate of drug-likeness (QED) is 0.876. The Morgan fingerprint density at radius 2 is 2.11 bits per heavy atom. The maximum absolute atomic E-state index is 12.8. The zero-order valence-electron chi connectivity index (χ0n) is 15.4. The van der Waals surface area contributed by atoms with E-state index in [9.17, 15) is 4.79 Å². The molecule has 1 saturated heterocycles. The number of carbonyl (C=O) groups is 1. The van der Waals surface area contributed by atoms with Crippen LogP contribution >= 0.6 is 11.3 Å². The Balaban J connectivity index is 1.36. The molecule has 1 fully saturated rings. The lowest BCUT2D eigenvalue weighted by atomic mass is 10.2. The summed E-state index contributed by atoms with van der Waals surface area (Å²) in [6, 6.07) is 5.47. The van der Waals surface area contributed by atoms with Crippen molar-refractivity contribution in [3.63, 3.8) is 0 Å². The van der Waals surface area contributed by atoms with Crippen LogP contribution in [0.25, 0.3) is 0 Å². The molecule has 1 aromatic heterocycles. The van der Waals surface area contributed by atoms with Gasteiger partial charge in [0.15, 0.2) is 11.5 Å². The molecule has 0 spiro atoms. The molecule has 1 N–H and O–H groups in total. The number of nitrogens with one attached hydrogen (secondary N) is 1. The van der Waals surface area contributed by atoms with Gasteiger partial charge in [0.05, 0.1) is 16.4 Å². The van der Waals surface area contributed by atoms with Crippen LogP contribution < -0.4 is 14.8 Å². The lowest BCUT2D eigenvalue weighted by Gasteiger charge is -2.24. The Kier molecular flexibility index (Phi) is 5.45. The summed E-state index contributed by atoms with van der Waals surface area (Å²) in [4.78, 5) is 21.5. The minimum Gasteiger partial charge on any atom is -0.486 e. The second kappa shape index (κ2) is 8.14. The molecule has 8 heteroatoms. The molecule has 3 heterocycles. The number of aromatic nitrogens is 1. The SMILES string of the molecule is Cc1nc(CN2CCCN(C(=O)Nc3cccc4c3OCCO4)CC2)cs1. The number of para-hydroxylation sites is 1. The third-order valence-electron chi connectivity index (χ3n) is 4.74. The summed E-state index contributed by atoms with van der Waals surface area (Å²) >= 11 is 1.68. The molecule has 2 aliphatic heterocycles. The lowest BCUT2D eigenvalue weighted by Crippen LogP contribution is -2.38. The fourth-order valence-corrected chi connectivity index (χ4v) is 4.01. The van der Waals surface area contributed by atoms with Crippen LogP contribution in [0.3, 0.4) is 0 Å². The largest absolute Gasteiger partial charge is 0.486 e. The van der Waals surface area contributed by atoms with Gasteiger partial charge >= 0.3 is 6.03 Å². The van der Waals surface area contributed by atoms with Crippen molar-refractivity contribution in [3.05, 3.63) is 34.3 Å². The van der Waals surface area contributed by atoms with E-state index in [2.05, 4.69) is 20.6 Å². The van der Waals surface area contributed by atoms with Crippen molar-refractivity contribution in [2.24, 2.45) is 0 Å². The van der Waals surface area contributed by atoms with Gasteiger partial charge in [-0.05, 0) is 25.5 Å². The van der Waals surface area contributed by atoms with Crippen molar-refractivity contribution in [1.29, 1.82) is 0 Å². The number of nitrogens with zero attached hydrogens (tertiary/aromatic N) is 3. The highest BCUT2D eigenvalue weighted by molar-refractivity contribution is 7.09. The highest BCUT2D eigenvalue weighted by Crippen LogP contribution is 2.37. The van der Waals surface area contributed by atoms with Crippen LogP contribution in [-0.4, -0.2) is 60.2 Å². The van der Waals surface area contributed by atoms with E-state index in [1.54, 1.807) is 11.3 Å². The summed E-state index contributed by atoms with van der Waals surface area (Å²) in [5, 5.41) is 6.20. The molecule has 2 aliphatic rings. The monoisotopic (exact) mass is 388 g/mol.